The maximum atomic E-state index is 11.0. The molecule has 0 saturated carbocycles. The molecule has 0 unspecified atom stereocenters. The lowest BCUT2D eigenvalue weighted by atomic mass is 10.1. The summed E-state index contributed by atoms with van der Waals surface area (Å²) in [5.74, 6) is -0.897. The number of nitrogens with one attached hydrogen (secondary N) is 1. The molecule has 2 fully saturated rings. The lowest BCUT2D eigenvalue weighted by Crippen LogP contribution is -2.39. The zero-order valence-electron chi connectivity index (χ0n) is 8.32. The fourth-order valence-electron chi connectivity index (χ4n) is 1.84. The SMILES string of the molecule is CC1(C)OC[C@H]([C@H]2C[C@@H](O)C(=O)N2)O1. The maximum Gasteiger partial charge on any atom is 0.249 e. The summed E-state index contributed by atoms with van der Waals surface area (Å²) >= 11 is 0. The predicted molar refractivity (Wildman–Crippen MR) is 47.5 cm³/mol. The minimum Gasteiger partial charge on any atom is -0.383 e. The number of aliphatic hydroxyl groups is 1. The summed E-state index contributed by atoms with van der Waals surface area (Å²) in [6.07, 6.45) is -0.637. The van der Waals surface area contributed by atoms with Crippen molar-refractivity contribution in [3.05, 3.63) is 0 Å². The number of aliphatic hydroxyl groups excluding tert-OH is 1. The third-order valence-corrected chi connectivity index (χ3v) is 2.59. The first kappa shape index (κ1) is 9.89. The Kier molecular flexibility index (Phi) is 2.25. The Labute approximate surface area is 82.4 Å². The number of amides is 1. The molecule has 80 valence electrons. The van der Waals surface area contributed by atoms with Crippen molar-refractivity contribution in [1.82, 2.24) is 5.32 Å². The average Bonchev–Trinajstić information content (AvgIpc) is 2.57. The molecule has 2 N–H and O–H groups in total. The minimum atomic E-state index is -0.896. The van der Waals surface area contributed by atoms with Crippen molar-refractivity contribution in [2.24, 2.45) is 0 Å². The Bertz CT molecular complexity index is 253. The molecule has 0 spiro atoms. The number of carbonyl (C=O) groups is 1. The first-order chi connectivity index (χ1) is 6.48. The molecule has 1 amide bonds. The van der Waals surface area contributed by atoms with Gasteiger partial charge in [0.2, 0.25) is 5.91 Å². The quantitative estimate of drug-likeness (QED) is 0.593. The molecule has 0 aliphatic carbocycles. The maximum absolute atomic E-state index is 11.0. The largest absolute Gasteiger partial charge is 0.383 e. The first-order valence-electron chi connectivity index (χ1n) is 4.78. The fraction of sp³-hybridized carbons (Fsp3) is 0.889. The van der Waals surface area contributed by atoms with Gasteiger partial charge in [-0.15, -0.1) is 0 Å². The monoisotopic (exact) mass is 201 g/mol. The second kappa shape index (κ2) is 3.18. The molecule has 0 aromatic carbocycles. The van der Waals surface area contributed by atoms with E-state index in [2.05, 4.69) is 5.32 Å². The third kappa shape index (κ3) is 1.75. The van der Waals surface area contributed by atoms with Gasteiger partial charge in [-0.05, 0) is 13.8 Å². The highest BCUT2D eigenvalue weighted by Gasteiger charge is 2.42. The fourth-order valence-corrected chi connectivity index (χ4v) is 1.84. The van der Waals surface area contributed by atoms with Crippen molar-refractivity contribution < 1.29 is 19.4 Å². The van der Waals surface area contributed by atoms with Gasteiger partial charge >= 0.3 is 0 Å². The smallest absolute Gasteiger partial charge is 0.249 e. The van der Waals surface area contributed by atoms with Gasteiger partial charge in [-0.25, -0.2) is 0 Å². The Morgan fingerprint density at radius 1 is 1.57 bits per heavy atom. The molecule has 5 heteroatoms. The molecule has 2 aliphatic heterocycles. The van der Waals surface area contributed by atoms with Crippen molar-refractivity contribution in [3.63, 3.8) is 0 Å². The highest BCUT2D eigenvalue weighted by molar-refractivity contribution is 5.83. The van der Waals surface area contributed by atoms with Crippen LogP contribution in [-0.4, -0.2) is 41.7 Å². The summed E-state index contributed by atoms with van der Waals surface area (Å²) in [7, 11) is 0. The van der Waals surface area contributed by atoms with E-state index in [0.717, 1.165) is 0 Å². The molecule has 0 aromatic heterocycles. The van der Waals surface area contributed by atoms with E-state index in [4.69, 9.17) is 9.47 Å². The number of hydrogen-bond acceptors (Lipinski definition) is 4. The summed E-state index contributed by atoms with van der Waals surface area (Å²) in [6, 6.07) is -0.126. The zero-order valence-corrected chi connectivity index (χ0v) is 8.32. The lowest BCUT2D eigenvalue weighted by Gasteiger charge is -2.20. The van der Waals surface area contributed by atoms with Gasteiger partial charge in [-0.2, -0.15) is 0 Å². The lowest BCUT2D eigenvalue weighted by molar-refractivity contribution is -0.142. The summed E-state index contributed by atoms with van der Waals surface area (Å²) < 4.78 is 11.0. The van der Waals surface area contributed by atoms with E-state index in [-0.39, 0.29) is 18.1 Å². The Balaban J connectivity index is 1.95. The topological polar surface area (TPSA) is 67.8 Å². The van der Waals surface area contributed by atoms with E-state index in [0.29, 0.717) is 13.0 Å². The molecule has 0 aromatic rings. The van der Waals surface area contributed by atoms with Crippen LogP contribution in [0, 0.1) is 0 Å². The predicted octanol–water partition coefficient (Wildman–Crippen LogP) is -0.613. The molecule has 2 aliphatic rings. The van der Waals surface area contributed by atoms with Gasteiger partial charge in [0, 0.05) is 6.42 Å². The molecular weight excluding hydrogens is 186 g/mol. The van der Waals surface area contributed by atoms with E-state index >= 15 is 0 Å². The molecule has 2 rings (SSSR count). The van der Waals surface area contributed by atoms with Gasteiger partial charge in [0.05, 0.1) is 12.6 Å². The molecular formula is C9H15NO4. The summed E-state index contributed by atoms with van der Waals surface area (Å²) in [4.78, 5) is 11.0. The van der Waals surface area contributed by atoms with Crippen LogP contribution in [0.2, 0.25) is 0 Å². The van der Waals surface area contributed by atoms with Gasteiger partial charge in [-0.3, -0.25) is 4.79 Å². The Morgan fingerprint density at radius 2 is 2.29 bits per heavy atom. The van der Waals surface area contributed by atoms with E-state index in [9.17, 15) is 9.90 Å². The van der Waals surface area contributed by atoms with Gasteiger partial charge < -0.3 is 19.9 Å². The van der Waals surface area contributed by atoms with Crippen LogP contribution in [0.3, 0.4) is 0 Å². The summed E-state index contributed by atoms with van der Waals surface area (Å²) in [5, 5.41) is 11.9. The Morgan fingerprint density at radius 3 is 2.71 bits per heavy atom. The molecule has 14 heavy (non-hydrogen) atoms. The zero-order chi connectivity index (χ0) is 10.3. The van der Waals surface area contributed by atoms with Crippen LogP contribution in [0.15, 0.2) is 0 Å². The standard InChI is InChI=1S/C9H15NO4/c1-9(2)13-4-7(14-9)5-3-6(11)8(12)10-5/h5-7,11H,3-4H2,1-2H3,(H,10,12)/t5-,6-,7-/m1/s1. The van der Waals surface area contributed by atoms with Crippen LogP contribution in [-0.2, 0) is 14.3 Å². The first-order valence-corrected chi connectivity index (χ1v) is 4.78. The second-order valence-electron chi connectivity index (χ2n) is 4.23. The molecule has 3 atom stereocenters. The van der Waals surface area contributed by atoms with E-state index in [1.165, 1.54) is 0 Å². The van der Waals surface area contributed by atoms with Crippen molar-refractivity contribution in [2.45, 2.75) is 44.3 Å². The van der Waals surface area contributed by atoms with Gasteiger partial charge in [0.1, 0.15) is 12.2 Å². The molecule has 0 radical (unpaired) electrons. The van der Waals surface area contributed by atoms with Crippen molar-refractivity contribution in [2.75, 3.05) is 6.61 Å². The summed E-state index contributed by atoms with van der Waals surface area (Å²) in [6.45, 7) is 4.13. The van der Waals surface area contributed by atoms with Crippen LogP contribution < -0.4 is 5.32 Å². The third-order valence-electron chi connectivity index (χ3n) is 2.59. The van der Waals surface area contributed by atoms with Crippen LogP contribution in [0.4, 0.5) is 0 Å². The summed E-state index contributed by atoms with van der Waals surface area (Å²) in [5.41, 5.74) is 0. The number of ether oxygens (including phenoxy) is 2. The van der Waals surface area contributed by atoms with Crippen molar-refractivity contribution in [1.29, 1.82) is 0 Å². The van der Waals surface area contributed by atoms with Gasteiger partial charge in [0.25, 0.3) is 0 Å². The van der Waals surface area contributed by atoms with Crippen LogP contribution in [0.1, 0.15) is 20.3 Å². The normalized spacial score (nSPS) is 41.4. The van der Waals surface area contributed by atoms with Gasteiger partial charge in [0.15, 0.2) is 5.79 Å². The average molecular weight is 201 g/mol. The van der Waals surface area contributed by atoms with E-state index in [1.807, 2.05) is 13.8 Å². The van der Waals surface area contributed by atoms with E-state index < -0.39 is 11.9 Å². The van der Waals surface area contributed by atoms with Gasteiger partial charge in [-0.1, -0.05) is 0 Å². The van der Waals surface area contributed by atoms with Crippen LogP contribution in [0.5, 0.6) is 0 Å². The second-order valence-corrected chi connectivity index (χ2v) is 4.23. The molecule has 0 bridgehead atoms. The number of carbonyl (C=O) groups excluding carboxylic acids is 1. The van der Waals surface area contributed by atoms with Crippen molar-refractivity contribution >= 4 is 5.91 Å². The number of hydrogen-bond donors (Lipinski definition) is 2. The highest BCUT2D eigenvalue weighted by atomic mass is 16.7. The highest BCUT2D eigenvalue weighted by Crippen LogP contribution is 2.27. The minimum absolute atomic E-state index is 0.126. The van der Waals surface area contributed by atoms with Crippen LogP contribution in [0.25, 0.3) is 0 Å². The number of rotatable bonds is 1. The molecule has 2 saturated heterocycles. The molecule has 5 nitrogen and oxygen atoms in total. The van der Waals surface area contributed by atoms with Crippen LogP contribution >= 0.6 is 0 Å². The Hall–Kier alpha value is -0.650. The van der Waals surface area contributed by atoms with Crippen molar-refractivity contribution in [3.8, 4) is 0 Å². The molecule has 2 heterocycles. The van der Waals surface area contributed by atoms with E-state index in [1.54, 1.807) is 0 Å².